The summed E-state index contributed by atoms with van der Waals surface area (Å²) < 4.78 is 45.3. The fraction of sp³-hybridized carbons (Fsp3) is 0.308. The Balaban J connectivity index is 2.32. The number of sulfonamides is 1. The summed E-state index contributed by atoms with van der Waals surface area (Å²) in [7, 11) is -3.83. The van der Waals surface area contributed by atoms with Gasteiger partial charge in [-0.15, -0.1) is 0 Å². The first-order chi connectivity index (χ1) is 9.96. The number of imidazole rings is 1. The first kappa shape index (κ1) is 15.3. The molecule has 114 valence electrons. The fourth-order valence-corrected chi connectivity index (χ4v) is 2.73. The third kappa shape index (κ3) is 3.52. The van der Waals surface area contributed by atoms with Crippen LogP contribution in [-0.4, -0.2) is 25.0 Å². The van der Waals surface area contributed by atoms with Crippen molar-refractivity contribution in [2.24, 2.45) is 0 Å². The highest BCUT2D eigenvalue weighted by Gasteiger charge is 2.19. The summed E-state index contributed by atoms with van der Waals surface area (Å²) in [5.74, 6) is 0.201. The fourth-order valence-electron chi connectivity index (χ4n) is 1.71. The number of hydrogen-bond acceptors (Lipinski definition) is 4. The molecule has 1 heterocycles. The van der Waals surface area contributed by atoms with E-state index in [0.29, 0.717) is 18.9 Å². The van der Waals surface area contributed by atoms with Gasteiger partial charge >= 0.3 is 0 Å². The molecular weight excluding hydrogens is 297 g/mol. The van der Waals surface area contributed by atoms with Crippen LogP contribution in [0, 0.1) is 5.82 Å². The lowest BCUT2D eigenvalue weighted by molar-refractivity contribution is 0.340. The van der Waals surface area contributed by atoms with Crippen LogP contribution in [0.5, 0.6) is 5.75 Å². The number of halogens is 1. The highest BCUT2D eigenvalue weighted by molar-refractivity contribution is 7.92. The highest BCUT2D eigenvalue weighted by atomic mass is 32.2. The Hall–Kier alpha value is -2.09. The summed E-state index contributed by atoms with van der Waals surface area (Å²) in [4.78, 5) is 6.66. The maximum atomic E-state index is 13.2. The van der Waals surface area contributed by atoms with Crippen LogP contribution in [-0.2, 0) is 16.4 Å². The topological polar surface area (TPSA) is 84.1 Å². The number of rotatable bonds is 6. The van der Waals surface area contributed by atoms with Crippen LogP contribution in [0.1, 0.15) is 19.7 Å². The van der Waals surface area contributed by atoms with E-state index in [1.165, 1.54) is 12.3 Å². The summed E-state index contributed by atoms with van der Waals surface area (Å²) in [5, 5.41) is -0.0499. The molecule has 0 bridgehead atoms. The van der Waals surface area contributed by atoms with E-state index < -0.39 is 15.8 Å². The zero-order valence-electron chi connectivity index (χ0n) is 11.7. The van der Waals surface area contributed by atoms with Crippen molar-refractivity contribution in [3.05, 3.63) is 36.0 Å². The van der Waals surface area contributed by atoms with E-state index in [0.717, 1.165) is 12.1 Å². The van der Waals surface area contributed by atoms with Crippen molar-refractivity contribution in [1.29, 1.82) is 0 Å². The van der Waals surface area contributed by atoms with E-state index in [2.05, 4.69) is 14.7 Å². The number of benzene rings is 1. The molecule has 2 rings (SSSR count). The maximum absolute atomic E-state index is 13.2. The second-order valence-corrected chi connectivity index (χ2v) is 5.88. The maximum Gasteiger partial charge on any atom is 0.279 e. The predicted octanol–water partition coefficient (Wildman–Crippen LogP) is 2.31. The normalized spacial score (nSPS) is 11.4. The van der Waals surface area contributed by atoms with Crippen molar-refractivity contribution in [3.8, 4) is 5.75 Å². The van der Waals surface area contributed by atoms with E-state index >= 15 is 0 Å². The average Bonchev–Trinajstić information content (AvgIpc) is 2.92. The minimum Gasteiger partial charge on any atom is -0.492 e. The van der Waals surface area contributed by atoms with E-state index in [-0.39, 0.29) is 16.5 Å². The van der Waals surface area contributed by atoms with Crippen LogP contribution in [0.3, 0.4) is 0 Å². The Morgan fingerprint density at radius 2 is 2.14 bits per heavy atom. The van der Waals surface area contributed by atoms with Gasteiger partial charge in [-0.1, -0.05) is 6.92 Å². The molecule has 0 amide bonds. The molecule has 0 saturated carbocycles. The van der Waals surface area contributed by atoms with Gasteiger partial charge in [0.05, 0.1) is 18.5 Å². The number of nitrogens with zero attached hydrogens (tertiary/aromatic N) is 1. The van der Waals surface area contributed by atoms with Gasteiger partial charge in [0.25, 0.3) is 10.0 Å². The number of aryl methyl sites for hydroxylation is 1. The van der Waals surface area contributed by atoms with Gasteiger partial charge in [-0.3, -0.25) is 4.72 Å². The van der Waals surface area contributed by atoms with Gasteiger partial charge in [0.2, 0.25) is 0 Å². The van der Waals surface area contributed by atoms with Gasteiger partial charge in [0, 0.05) is 12.5 Å². The monoisotopic (exact) mass is 313 g/mol. The summed E-state index contributed by atoms with van der Waals surface area (Å²) in [6.45, 7) is 3.88. The SMILES string of the molecule is CCOc1cc(F)ccc1NS(=O)(=O)c1cnc(CC)[nH]1. The van der Waals surface area contributed by atoms with E-state index in [1.54, 1.807) is 6.92 Å². The minimum absolute atomic E-state index is 0.0499. The molecule has 0 spiro atoms. The molecular formula is C13H16FN3O3S. The van der Waals surface area contributed by atoms with Crippen LogP contribution in [0.25, 0.3) is 0 Å². The Bertz CT molecular complexity index is 728. The molecule has 1 aromatic carbocycles. The van der Waals surface area contributed by atoms with Crippen molar-refractivity contribution in [1.82, 2.24) is 9.97 Å². The molecule has 0 aliphatic heterocycles. The molecule has 0 aliphatic carbocycles. The van der Waals surface area contributed by atoms with Gasteiger partial charge in [0.15, 0.2) is 5.03 Å². The number of aromatic nitrogens is 2. The second-order valence-electron chi connectivity index (χ2n) is 4.23. The molecule has 0 saturated heterocycles. The van der Waals surface area contributed by atoms with E-state index in [1.807, 2.05) is 6.92 Å². The number of aromatic amines is 1. The minimum atomic E-state index is -3.83. The number of nitrogens with one attached hydrogen (secondary N) is 2. The van der Waals surface area contributed by atoms with Crippen LogP contribution in [0.15, 0.2) is 29.4 Å². The average molecular weight is 313 g/mol. The number of hydrogen-bond donors (Lipinski definition) is 2. The largest absolute Gasteiger partial charge is 0.492 e. The lowest BCUT2D eigenvalue weighted by Gasteiger charge is -2.12. The third-order valence-electron chi connectivity index (χ3n) is 2.72. The molecule has 0 atom stereocenters. The molecule has 1 aromatic heterocycles. The van der Waals surface area contributed by atoms with Gasteiger partial charge in [-0.2, -0.15) is 8.42 Å². The number of anilines is 1. The van der Waals surface area contributed by atoms with Crippen LogP contribution < -0.4 is 9.46 Å². The standard InChI is InChI=1S/C13H16FN3O3S/c1-3-12-15-8-13(16-12)21(18,19)17-10-6-5-9(14)7-11(10)20-4-2/h5-8,17H,3-4H2,1-2H3,(H,15,16). The lowest BCUT2D eigenvalue weighted by Crippen LogP contribution is -2.14. The van der Waals surface area contributed by atoms with E-state index in [9.17, 15) is 12.8 Å². The van der Waals surface area contributed by atoms with Crippen molar-refractivity contribution in [2.45, 2.75) is 25.3 Å². The Morgan fingerprint density at radius 3 is 2.76 bits per heavy atom. The van der Waals surface area contributed by atoms with Crippen molar-refractivity contribution in [2.75, 3.05) is 11.3 Å². The molecule has 2 aromatic rings. The number of H-pyrrole nitrogens is 1. The van der Waals surface area contributed by atoms with Crippen molar-refractivity contribution in [3.63, 3.8) is 0 Å². The van der Waals surface area contributed by atoms with Gasteiger partial charge in [0.1, 0.15) is 17.4 Å². The lowest BCUT2D eigenvalue weighted by atomic mass is 10.3. The summed E-state index contributed by atoms with van der Waals surface area (Å²) in [6.07, 6.45) is 1.83. The molecule has 0 aliphatic rings. The van der Waals surface area contributed by atoms with Gasteiger partial charge in [-0.05, 0) is 19.1 Å². The third-order valence-corrected chi connectivity index (χ3v) is 3.99. The summed E-state index contributed by atoms with van der Waals surface area (Å²) in [6, 6.07) is 3.60. The van der Waals surface area contributed by atoms with Crippen molar-refractivity contribution >= 4 is 15.7 Å². The molecule has 2 N–H and O–H groups in total. The Kier molecular flexibility index (Phi) is 4.46. The molecule has 0 unspecified atom stereocenters. The summed E-state index contributed by atoms with van der Waals surface area (Å²) in [5.41, 5.74) is 0.172. The van der Waals surface area contributed by atoms with E-state index in [4.69, 9.17) is 4.74 Å². The number of ether oxygens (including phenoxy) is 1. The van der Waals surface area contributed by atoms with Gasteiger partial charge < -0.3 is 9.72 Å². The van der Waals surface area contributed by atoms with Gasteiger partial charge in [-0.25, -0.2) is 9.37 Å². The van der Waals surface area contributed by atoms with Crippen LogP contribution in [0.4, 0.5) is 10.1 Å². The quantitative estimate of drug-likeness (QED) is 0.857. The molecule has 0 fully saturated rings. The zero-order chi connectivity index (χ0) is 15.5. The highest BCUT2D eigenvalue weighted by Crippen LogP contribution is 2.27. The first-order valence-electron chi connectivity index (χ1n) is 6.45. The molecule has 6 nitrogen and oxygen atoms in total. The predicted molar refractivity (Wildman–Crippen MR) is 76.3 cm³/mol. The first-order valence-corrected chi connectivity index (χ1v) is 7.93. The molecule has 21 heavy (non-hydrogen) atoms. The van der Waals surface area contributed by atoms with Crippen LogP contribution in [0.2, 0.25) is 0 Å². The second kappa shape index (κ2) is 6.13. The Morgan fingerprint density at radius 1 is 1.38 bits per heavy atom. The summed E-state index contributed by atoms with van der Waals surface area (Å²) >= 11 is 0. The smallest absolute Gasteiger partial charge is 0.279 e. The molecule has 8 heteroatoms. The van der Waals surface area contributed by atoms with Crippen LogP contribution >= 0.6 is 0 Å². The van der Waals surface area contributed by atoms with Crippen molar-refractivity contribution < 1.29 is 17.5 Å². The Labute approximate surface area is 122 Å². The zero-order valence-corrected chi connectivity index (χ0v) is 12.5. The molecule has 0 radical (unpaired) electrons.